The topological polar surface area (TPSA) is 27.1 Å². The van der Waals surface area contributed by atoms with Gasteiger partial charge in [0.15, 0.2) is 0 Å². The molecule has 1 fully saturated rings. The Balaban J connectivity index is 2.59. The van der Waals surface area contributed by atoms with Gasteiger partial charge in [-0.3, -0.25) is 5.41 Å². The van der Waals surface area contributed by atoms with Crippen molar-refractivity contribution in [1.82, 2.24) is 4.90 Å². The SMILES string of the molecule is CC1CCN(C(=N)C(C)(C)C)CC1C. The van der Waals surface area contributed by atoms with E-state index in [2.05, 4.69) is 39.5 Å². The van der Waals surface area contributed by atoms with Gasteiger partial charge in [-0.1, -0.05) is 34.6 Å². The number of hydrogen-bond acceptors (Lipinski definition) is 1. The van der Waals surface area contributed by atoms with Gasteiger partial charge < -0.3 is 4.90 Å². The first-order valence-corrected chi connectivity index (χ1v) is 5.66. The summed E-state index contributed by atoms with van der Waals surface area (Å²) >= 11 is 0. The van der Waals surface area contributed by atoms with E-state index in [0.717, 1.165) is 30.8 Å². The molecule has 1 rings (SSSR count). The van der Waals surface area contributed by atoms with Crippen LogP contribution in [0.2, 0.25) is 0 Å². The standard InChI is InChI=1S/C12H24N2/c1-9-6-7-14(8-10(9)2)11(13)12(3,4)5/h9-10,13H,6-8H2,1-5H3. The third-order valence-electron chi connectivity index (χ3n) is 3.36. The smallest absolute Gasteiger partial charge is 0.101 e. The van der Waals surface area contributed by atoms with E-state index in [0.29, 0.717) is 0 Å². The molecule has 0 radical (unpaired) electrons. The first kappa shape index (κ1) is 11.5. The summed E-state index contributed by atoms with van der Waals surface area (Å²) in [6.07, 6.45) is 1.24. The van der Waals surface area contributed by atoms with Crippen LogP contribution in [0.1, 0.15) is 41.0 Å². The molecular weight excluding hydrogens is 172 g/mol. The molecule has 0 aliphatic carbocycles. The Bertz CT molecular complexity index is 215. The third-order valence-corrected chi connectivity index (χ3v) is 3.36. The second-order valence-corrected chi connectivity index (χ2v) is 5.79. The summed E-state index contributed by atoms with van der Waals surface area (Å²) in [6.45, 7) is 13.1. The lowest BCUT2D eigenvalue weighted by Crippen LogP contribution is -2.46. The van der Waals surface area contributed by atoms with E-state index in [1.807, 2.05) is 0 Å². The second kappa shape index (κ2) is 3.92. The van der Waals surface area contributed by atoms with E-state index in [9.17, 15) is 0 Å². The molecule has 1 aliphatic heterocycles. The monoisotopic (exact) mass is 196 g/mol. The average molecular weight is 196 g/mol. The summed E-state index contributed by atoms with van der Waals surface area (Å²) in [5.74, 6) is 2.35. The van der Waals surface area contributed by atoms with Crippen LogP contribution < -0.4 is 0 Å². The first-order chi connectivity index (χ1) is 6.32. The van der Waals surface area contributed by atoms with Gasteiger partial charge in [-0.05, 0) is 18.3 Å². The number of amidine groups is 1. The molecule has 0 aromatic carbocycles. The fourth-order valence-electron chi connectivity index (χ4n) is 1.94. The lowest BCUT2D eigenvalue weighted by Gasteiger charge is -2.40. The van der Waals surface area contributed by atoms with Crippen LogP contribution >= 0.6 is 0 Å². The normalized spacial score (nSPS) is 29.1. The fraction of sp³-hybridized carbons (Fsp3) is 0.917. The molecule has 2 heteroatoms. The highest BCUT2D eigenvalue weighted by Crippen LogP contribution is 2.26. The Labute approximate surface area is 88.2 Å². The van der Waals surface area contributed by atoms with Gasteiger partial charge in [-0.25, -0.2) is 0 Å². The Hall–Kier alpha value is -0.530. The van der Waals surface area contributed by atoms with Crippen molar-refractivity contribution in [3.8, 4) is 0 Å². The third kappa shape index (κ3) is 2.49. The van der Waals surface area contributed by atoms with Crippen molar-refractivity contribution in [2.24, 2.45) is 17.3 Å². The van der Waals surface area contributed by atoms with E-state index in [1.54, 1.807) is 0 Å². The predicted octanol–water partition coefficient (Wildman–Crippen LogP) is 2.99. The molecule has 0 bridgehead atoms. The van der Waals surface area contributed by atoms with E-state index in [4.69, 9.17) is 5.41 Å². The fourth-order valence-corrected chi connectivity index (χ4v) is 1.94. The highest BCUT2D eigenvalue weighted by molar-refractivity contribution is 5.84. The largest absolute Gasteiger partial charge is 0.360 e. The molecule has 1 heterocycles. The number of hydrogen-bond donors (Lipinski definition) is 1. The second-order valence-electron chi connectivity index (χ2n) is 5.79. The quantitative estimate of drug-likeness (QED) is 0.468. The Morgan fingerprint density at radius 2 is 1.79 bits per heavy atom. The van der Waals surface area contributed by atoms with Crippen LogP contribution in [0, 0.1) is 22.7 Å². The highest BCUT2D eigenvalue weighted by atomic mass is 15.2. The van der Waals surface area contributed by atoms with Gasteiger partial charge in [0.2, 0.25) is 0 Å². The zero-order chi connectivity index (χ0) is 10.9. The van der Waals surface area contributed by atoms with Gasteiger partial charge in [0.25, 0.3) is 0 Å². The lowest BCUT2D eigenvalue weighted by molar-refractivity contribution is 0.192. The van der Waals surface area contributed by atoms with Crippen LogP contribution in [0.25, 0.3) is 0 Å². The number of likely N-dealkylation sites (tertiary alicyclic amines) is 1. The van der Waals surface area contributed by atoms with Gasteiger partial charge in [0.1, 0.15) is 5.84 Å². The van der Waals surface area contributed by atoms with E-state index in [-0.39, 0.29) is 5.41 Å². The molecule has 14 heavy (non-hydrogen) atoms. The van der Waals surface area contributed by atoms with Crippen molar-refractivity contribution in [2.45, 2.75) is 41.0 Å². The summed E-state index contributed by atoms with van der Waals surface area (Å²) in [4.78, 5) is 2.25. The molecule has 1 aliphatic rings. The van der Waals surface area contributed by atoms with Gasteiger partial charge in [-0.15, -0.1) is 0 Å². The summed E-state index contributed by atoms with van der Waals surface area (Å²) in [6, 6.07) is 0. The molecule has 0 aromatic rings. The molecule has 0 aromatic heterocycles. The Morgan fingerprint density at radius 3 is 2.21 bits per heavy atom. The zero-order valence-corrected chi connectivity index (χ0v) is 10.2. The molecule has 0 saturated carbocycles. The minimum absolute atomic E-state index is 0.000296. The van der Waals surface area contributed by atoms with Gasteiger partial charge in [-0.2, -0.15) is 0 Å². The van der Waals surface area contributed by atoms with E-state index < -0.39 is 0 Å². The van der Waals surface area contributed by atoms with Crippen LogP contribution in [0.3, 0.4) is 0 Å². The van der Waals surface area contributed by atoms with Crippen LogP contribution in [0.4, 0.5) is 0 Å². The maximum Gasteiger partial charge on any atom is 0.101 e. The molecular formula is C12H24N2. The molecule has 2 nitrogen and oxygen atoms in total. The zero-order valence-electron chi connectivity index (χ0n) is 10.2. The van der Waals surface area contributed by atoms with Crippen molar-refractivity contribution in [3.05, 3.63) is 0 Å². The summed E-state index contributed by atoms with van der Waals surface area (Å²) < 4.78 is 0. The number of piperidine rings is 1. The molecule has 0 amide bonds. The van der Waals surface area contributed by atoms with Gasteiger partial charge >= 0.3 is 0 Å². The molecule has 0 spiro atoms. The van der Waals surface area contributed by atoms with E-state index >= 15 is 0 Å². The van der Waals surface area contributed by atoms with Crippen LogP contribution in [-0.2, 0) is 0 Å². The van der Waals surface area contributed by atoms with Crippen molar-refractivity contribution in [1.29, 1.82) is 5.41 Å². The van der Waals surface area contributed by atoms with Crippen LogP contribution in [0.5, 0.6) is 0 Å². The van der Waals surface area contributed by atoms with Crippen molar-refractivity contribution >= 4 is 5.84 Å². The van der Waals surface area contributed by atoms with Gasteiger partial charge in [0, 0.05) is 18.5 Å². The number of nitrogens with zero attached hydrogens (tertiary/aromatic N) is 1. The van der Waals surface area contributed by atoms with Crippen molar-refractivity contribution in [2.75, 3.05) is 13.1 Å². The first-order valence-electron chi connectivity index (χ1n) is 5.66. The summed E-state index contributed by atoms with van der Waals surface area (Å²) in [7, 11) is 0. The summed E-state index contributed by atoms with van der Waals surface area (Å²) in [5, 5.41) is 8.12. The van der Waals surface area contributed by atoms with Crippen LogP contribution in [-0.4, -0.2) is 23.8 Å². The number of rotatable bonds is 0. The maximum atomic E-state index is 8.12. The lowest BCUT2D eigenvalue weighted by atomic mass is 9.86. The van der Waals surface area contributed by atoms with Crippen LogP contribution in [0.15, 0.2) is 0 Å². The Morgan fingerprint density at radius 1 is 1.21 bits per heavy atom. The molecule has 2 unspecified atom stereocenters. The van der Waals surface area contributed by atoms with Gasteiger partial charge in [0.05, 0.1) is 0 Å². The Kier molecular flexibility index (Phi) is 3.23. The minimum atomic E-state index is 0.000296. The summed E-state index contributed by atoms with van der Waals surface area (Å²) in [5.41, 5.74) is 0.000296. The number of nitrogens with one attached hydrogen (secondary N) is 1. The minimum Gasteiger partial charge on any atom is -0.360 e. The van der Waals surface area contributed by atoms with Crippen molar-refractivity contribution < 1.29 is 0 Å². The average Bonchev–Trinajstić information content (AvgIpc) is 2.07. The van der Waals surface area contributed by atoms with E-state index in [1.165, 1.54) is 6.42 Å². The predicted molar refractivity (Wildman–Crippen MR) is 61.7 cm³/mol. The molecule has 1 saturated heterocycles. The molecule has 82 valence electrons. The molecule has 1 N–H and O–H groups in total. The maximum absolute atomic E-state index is 8.12. The molecule has 2 atom stereocenters. The van der Waals surface area contributed by atoms with Crippen molar-refractivity contribution in [3.63, 3.8) is 0 Å². The highest BCUT2D eigenvalue weighted by Gasteiger charge is 2.29.